The van der Waals surface area contributed by atoms with E-state index in [9.17, 15) is 19.8 Å². The van der Waals surface area contributed by atoms with Crippen LogP contribution in [0.2, 0.25) is 0 Å². The second kappa shape index (κ2) is 18.0. The van der Waals surface area contributed by atoms with Crippen molar-refractivity contribution in [3.8, 4) is 10.7 Å². The van der Waals surface area contributed by atoms with Crippen LogP contribution in [-0.2, 0) is 30.3 Å². The third-order valence-corrected chi connectivity index (χ3v) is 9.18. The second-order valence-corrected chi connectivity index (χ2v) is 12.9. The highest BCUT2D eigenvalue weighted by molar-refractivity contribution is 7.99. The first-order valence-electron chi connectivity index (χ1n) is 14.8. The maximum absolute atomic E-state index is 13.9. The summed E-state index contributed by atoms with van der Waals surface area (Å²) in [5.74, 6) is 0.866. The summed E-state index contributed by atoms with van der Waals surface area (Å²) in [6.45, 7) is 7.80. The fourth-order valence-electron chi connectivity index (χ4n) is 5.16. The topological polar surface area (TPSA) is 139 Å². The Kier molecular flexibility index (Phi) is 14.8. The van der Waals surface area contributed by atoms with E-state index in [1.165, 1.54) is 26.0 Å². The molecule has 0 bridgehead atoms. The normalized spacial score (nSPS) is 23.0. The molecule has 2 aromatic heterocycles. The van der Waals surface area contributed by atoms with Gasteiger partial charge in [-0.1, -0.05) is 31.7 Å². The van der Waals surface area contributed by atoms with Gasteiger partial charge < -0.3 is 38.8 Å². The van der Waals surface area contributed by atoms with Crippen LogP contribution in [0.5, 0.6) is 0 Å². The van der Waals surface area contributed by atoms with Crippen LogP contribution in [0.3, 0.4) is 0 Å². The van der Waals surface area contributed by atoms with Crippen molar-refractivity contribution in [1.29, 1.82) is 0 Å². The van der Waals surface area contributed by atoms with Gasteiger partial charge in [-0.15, -0.1) is 21.5 Å². The minimum Gasteiger partial charge on any atom is -0.388 e. The zero-order chi connectivity index (χ0) is 31.4. The standard InChI is InChI=1S/C29H47N5O7S2/c1-6-33-28(24-10-9-13-42-24)30-31-29(33)43-19-26(37)34-11-7-8-12-41-17-22(35)27(38)23(40-5)16-32(25(36)18-39-4)15-21(34)14-20(2)3/h9-10,13,20-23,27,35,38H,6-8,11-12,14-19H2,1-5H3/t21-,22+,23+,27+/m0/s1. The van der Waals surface area contributed by atoms with Crippen LogP contribution in [0.4, 0.5) is 0 Å². The highest BCUT2D eigenvalue weighted by Gasteiger charge is 2.33. The van der Waals surface area contributed by atoms with E-state index in [2.05, 4.69) is 24.0 Å². The summed E-state index contributed by atoms with van der Waals surface area (Å²) in [5.41, 5.74) is 0. The zero-order valence-corrected chi connectivity index (χ0v) is 27.5. The second-order valence-electron chi connectivity index (χ2n) is 11.0. The molecule has 2 amide bonds. The summed E-state index contributed by atoms with van der Waals surface area (Å²) >= 11 is 2.96. The van der Waals surface area contributed by atoms with Gasteiger partial charge in [-0.2, -0.15) is 0 Å². The van der Waals surface area contributed by atoms with Gasteiger partial charge in [0, 0.05) is 53.0 Å². The summed E-state index contributed by atoms with van der Waals surface area (Å²) in [7, 11) is 2.88. The molecule has 0 aromatic carbocycles. The van der Waals surface area contributed by atoms with E-state index in [1.54, 1.807) is 16.2 Å². The molecule has 3 heterocycles. The molecule has 1 saturated heterocycles. The van der Waals surface area contributed by atoms with Crippen LogP contribution in [0.15, 0.2) is 22.7 Å². The average molecular weight is 642 g/mol. The van der Waals surface area contributed by atoms with Crippen LogP contribution in [0.25, 0.3) is 10.7 Å². The molecule has 1 aliphatic rings. The van der Waals surface area contributed by atoms with Crippen molar-refractivity contribution in [2.45, 2.75) is 76.1 Å². The number of nitrogens with zero attached hydrogens (tertiary/aromatic N) is 5. The molecule has 2 aromatic rings. The van der Waals surface area contributed by atoms with E-state index in [-0.39, 0.29) is 55.8 Å². The third kappa shape index (κ3) is 10.2. The summed E-state index contributed by atoms with van der Waals surface area (Å²) in [5, 5.41) is 32.8. The zero-order valence-electron chi connectivity index (χ0n) is 25.9. The number of amides is 2. The Labute approximate surface area is 262 Å². The highest BCUT2D eigenvalue weighted by Crippen LogP contribution is 2.28. The lowest BCUT2D eigenvalue weighted by Gasteiger charge is -2.38. The lowest BCUT2D eigenvalue weighted by Crippen LogP contribution is -2.54. The number of ether oxygens (including phenoxy) is 3. The first kappa shape index (κ1) is 35.4. The number of thiophene rings is 1. The fourth-order valence-corrected chi connectivity index (χ4v) is 6.76. The van der Waals surface area contributed by atoms with Crippen LogP contribution in [-0.4, -0.2) is 130 Å². The molecular formula is C29H47N5O7S2. The fraction of sp³-hybridized carbons (Fsp3) is 0.724. The number of aliphatic hydroxyl groups excluding tert-OH is 2. The number of aromatic nitrogens is 3. The van der Waals surface area contributed by atoms with Gasteiger partial charge in [0.25, 0.3) is 0 Å². The first-order chi connectivity index (χ1) is 20.7. The number of rotatable bonds is 10. The minimum absolute atomic E-state index is 0.0212. The Hall–Kier alpha value is -2.07. The van der Waals surface area contributed by atoms with E-state index >= 15 is 0 Å². The van der Waals surface area contributed by atoms with E-state index in [0.29, 0.717) is 44.1 Å². The van der Waals surface area contributed by atoms with Crippen molar-refractivity contribution in [2.75, 3.05) is 59.4 Å². The maximum Gasteiger partial charge on any atom is 0.248 e. The number of aliphatic hydroxyl groups is 2. The Morgan fingerprint density at radius 2 is 1.98 bits per heavy atom. The van der Waals surface area contributed by atoms with E-state index in [0.717, 1.165) is 10.7 Å². The van der Waals surface area contributed by atoms with Crippen molar-refractivity contribution in [1.82, 2.24) is 24.6 Å². The minimum atomic E-state index is -1.27. The molecular weight excluding hydrogens is 594 g/mol. The van der Waals surface area contributed by atoms with Gasteiger partial charge in [-0.25, -0.2) is 0 Å². The highest BCUT2D eigenvalue weighted by atomic mass is 32.2. The number of methoxy groups -OCH3 is 2. The van der Waals surface area contributed by atoms with E-state index < -0.39 is 18.3 Å². The Balaban J connectivity index is 1.87. The molecule has 14 heteroatoms. The van der Waals surface area contributed by atoms with Crippen molar-refractivity contribution in [3.05, 3.63) is 17.5 Å². The molecule has 0 saturated carbocycles. The molecule has 2 N–H and O–H groups in total. The smallest absolute Gasteiger partial charge is 0.248 e. The third-order valence-electron chi connectivity index (χ3n) is 7.36. The molecule has 0 unspecified atom stereocenters. The van der Waals surface area contributed by atoms with Gasteiger partial charge in [-0.3, -0.25) is 9.59 Å². The SMILES string of the molecule is CCn1c(SCC(=O)N2CCCCOC[C@@H](O)[C@@H](O)[C@H](OC)CN(C(=O)COC)C[C@@H]2CC(C)C)nnc1-c1cccs1. The van der Waals surface area contributed by atoms with Crippen LogP contribution < -0.4 is 0 Å². The Morgan fingerprint density at radius 3 is 2.63 bits per heavy atom. The molecule has 4 atom stereocenters. The molecule has 242 valence electrons. The molecule has 3 rings (SSSR count). The number of carbonyl (C=O) groups is 2. The summed E-state index contributed by atoms with van der Waals surface area (Å²) in [6, 6.07) is 3.69. The van der Waals surface area contributed by atoms with Gasteiger partial charge in [-0.05, 0) is 43.6 Å². The molecule has 0 radical (unpaired) electrons. The number of hydrogen-bond donors (Lipinski definition) is 2. The Bertz CT molecular complexity index is 1120. The van der Waals surface area contributed by atoms with Gasteiger partial charge in [0.2, 0.25) is 11.8 Å². The van der Waals surface area contributed by atoms with Gasteiger partial charge in [0.1, 0.15) is 24.9 Å². The quantitative estimate of drug-likeness (QED) is 0.372. The number of hydrogen-bond acceptors (Lipinski definition) is 11. The van der Waals surface area contributed by atoms with Crippen LogP contribution in [0.1, 0.15) is 40.0 Å². The predicted molar refractivity (Wildman–Crippen MR) is 166 cm³/mol. The van der Waals surface area contributed by atoms with Crippen molar-refractivity contribution < 1.29 is 34.0 Å². The summed E-state index contributed by atoms with van der Waals surface area (Å²) < 4.78 is 18.3. The van der Waals surface area contributed by atoms with Gasteiger partial charge in [0.15, 0.2) is 11.0 Å². The van der Waals surface area contributed by atoms with E-state index in [4.69, 9.17) is 14.2 Å². The molecule has 1 aliphatic heterocycles. The summed E-state index contributed by atoms with van der Waals surface area (Å²) in [6.07, 6.45) is -1.27. The summed E-state index contributed by atoms with van der Waals surface area (Å²) in [4.78, 5) is 31.7. The molecule has 0 aliphatic carbocycles. The Morgan fingerprint density at radius 1 is 1.19 bits per heavy atom. The molecule has 0 spiro atoms. The van der Waals surface area contributed by atoms with E-state index in [1.807, 2.05) is 33.9 Å². The van der Waals surface area contributed by atoms with Crippen LogP contribution in [0, 0.1) is 5.92 Å². The predicted octanol–water partition coefficient (Wildman–Crippen LogP) is 2.38. The average Bonchev–Trinajstić information content (AvgIpc) is 3.66. The molecule has 12 nitrogen and oxygen atoms in total. The number of carbonyl (C=O) groups excluding carboxylic acids is 2. The lowest BCUT2D eigenvalue weighted by molar-refractivity contribution is -0.145. The molecule has 43 heavy (non-hydrogen) atoms. The van der Waals surface area contributed by atoms with Gasteiger partial charge >= 0.3 is 0 Å². The van der Waals surface area contributed by atoms with Crippen molar-refractivity contribution >= 4 is 34.9 Å². The lowest BCUT2D eigenvalue weighted by atomic mass is 10.00. The number of thioether (sulfide) groups is 1. The van der Waals surface area contributed by atoms with Crippen LogP contribution >= 0.6 is 23.1 Å². The molecule has 1 fully saturated rings. The van der Waals surface area contributed by atoms with Crippen molar-refractivity contribution in [3.63, 3.8) is 0 Å². The van der Waals surface area contributed by atoms with Crippen molar-refractivity contribution in [2.24, 2.45) is 5.92 Å². The first-order valence-corrected chi connectivity index (χ1v) is 16.7. The van der Waals surface area contributed by atoms with Gasteiger partial charge in [0.05, 0.1) is 17.2 Å². The monoisotopic (exact) mass is 641 g/mol. The maximum atomic E-state index is 13.9. The largest absolute Gasteiger partial charge is 0.388 e.